The Kier molecular flexibility index (Phi) is 7.53. The number of carbonyl (C=O) groups excluding carboxylic acids is 2. The van der Waals surface area contributed by atoms with Crippen molar-refractivity contribution in [1.29, 1.82) is 0 Å². The molecule has 0 unspecified atom stereocenters. The normalized spacial score (nSPS) is 14.1. The van der Waals surface area contributed by atoms with E-state index in [2.05, 4.69) is 16.5 Å². The third-order valence-corrected chi connectivity index (χ3v) is 9.13. The van der Waals surface area contributed by atoms with E-state index < -0.39 is 87.0 Å². The Morgan fingerprint density at radius 3 is 1.90 bits per heavy atom. The van der Waals surface area contributed by atoms with Crippen LogP contribution in [0.3, 0.4) is 0 Å². The lowest BCUT2D eigenvalue weighted by molar-refractivity contribution is 0.0971. The highest BCUT2D eigenvalue weighted by atomic mass is 32.2. The number of halogens is 2. The van der Waals surface area contributed by atoms with Crippen molar-refractivity contribution in [2.45, 2.75) is 23.3 Å². The van der Waals surface area contributed by atoms with Crippen molar-refractivity contribution in [3.05, 3.63) is 124 Å². The number of carbonyl (C=O) groups is 2. The molecule has 0 N–H and O–H groups in total. The molecular weight excluding hydrogens is 550 g/mol. The van der Waals surface area contributed by atoms with Gasteiger partial charge in [0.1, 0.15) is 32.8 Å². The summed E-state index contributed by atoms with van der Waals surface area (Å²) < 4.78 is 81.5. The van der Waals surface area contributed by atoms with Crippen LogP contribution in [-0.2, 0) is 31.2 Å². The van der Waals surface area contributed by atoms with Crippen LogP contribution in [0.1, 0.15) is 50.4 Å². The lowest BCUT2D eigenvalue weighted by Gasteiger charge is -2.19. The standard InChI is InChI=1S/C27H20F2N2O6S2/c1-3-9-18(28)22(4-2)38(34,35)14-20-21(15-39(36,37)23-13-8-7-12-19(23)29)31-25-24(30-20)26(32)16-10-5-6-11-17(16)27(25)33/h3-13H,2,14-15H2,1H3/b9-3-,22-18-. The largest absolute Gasteiger partial charge is 0.287 e. The summed E-state index contributed by atoms with van der Waals surface area (Å²) in [4.78, 5) is 33.0. The Bertz CT molecular complexity index is 1830. The third-order valence-electron chi connectivity index (χ3n) is 5.79. The Morgan fingerprint density at radius 2 is 1.38 bits per heavy atom. The van der Waals surface area contributed by atoms with E-state index in [1.54, 1.807) is 0 Å². The maximum absolute atomic E-state index is 14.5. The molecule has 1 aromatic heterocycles. The third kappa shape index (κ3) is 5.25. The van der Waals surface area contributed by atoms with Gasteiger partial charge >= 0.3 is 0 Å². The summed E-state index contributed by atoms with van der Waals surface area (Å²) in [6, 6.07) is 10.4. The summed E-state index contributed by atoms with van der Waals surface area (Å²) >= 11 is 0. The molecule has 8 nitrogen and oxygen atoms in total. The number of ketones is 2. The van der Waals surface area contributed by atoms with E-state index in [1.807, 2.05) is 0 Å². The second-order valence-electron chi connectivity index (χ2n) is 8.38. The molecule has 0 fully saturated rings. The van der Waals surface area contributed by atoms with Gasteiger partial charge in [0.15, 0.2) is 19.7 Å². The van der Waals surface area contributed by atoms with E-state index in [0.717, 1.165) is 24.3 Å². The van der Waals surface area contributed by atoms with Crippen LogP contribution in [-0.4, -0.2) is 38.4 Å². The number of fused-ring (bicyclic) bond motifs is 2. The second kappa shape index (κ2) is 10.5. The summed E-state index contributed by atoms with van der Waals surface area (Å²) in [6.07, 6.45) is 2.94. The number of nitrogens with zero attached hydrogens (tertiary/aromatic N) is 2. The van der Waals surface area contributed by atoms with E-state index in [0.29, 0.717) is 0 Å². The molecule has 1 aliphatic rings. The molecule has 0 radical (unpaired) electrons. The highest BCUT2D eigenvalue weighted by Gasteiger charge is 2.35. The zero-order valence-corrected chi connectivity index (χ0v) is 22.0. The summed E-state index contributed by atoms with van der Waals surface area (Å²) in [5, 5.41) is 0. The molecule has 0 saturated carbocycles. The van der Waals surface area contributed by atoms with E-state index in [1.165, 1.54) is 49.4 Å². The molecule has 0 aliphatic heterocycles. The van der Waals surface area contributed by atoms with E-state index in [-0.39, 0.29) is 11.1 Å². The van der Waals surface area contributed by atoms with Crippen molar-refractivity contribution >= 4 is 31.2 Å². The van der Waals surface area contributed by atoms with Gasteiger partial charge in [-0.25, -0.2) is 35.6 Å². The molecule has 1 heterocycles. The molecule has 12 heteroatoms. The predicted octanol–water partition coefficient (Wildman–Crippen LogP) is 4.22. The Morgan fingerprint density at radius 1 is 0.872 bits per heavy atom. The molecule has 0 atom stereocenters. The summed E-state index contributed by atoms with van der Waals surface area (Å²) in [7, 11) is -9.03. The van der Waals surface area contributed by atoms with Gasteiger partial charge in [0.05, 0.1) is 22.9 Å². The van der Waals surface area contributed by atoms with Crippen LogP contribution in [0.2, 0.25) is 0 Å². The van der Waals surface area contributed by atoms with Gasteiger partial charge in [0, 0.05) is 11.1 Å². The number of aromatic nitrogens is 2. The molecular formula is C27H20F2N2O6S2. The van der Waals surface area contributed by atoms with Gasteiger partial charge in [-0.15, -0.1) is 0 Å². The minimum Gasteiger partial charge on any atom is -0.287 e. The van der Waals surface area contributed by atoms with Crippen molar-refractivity contribution in [3.63, 3.8) is 0 Å². The highest BCUT2D eigenvalue weighted by Crippen LogP contribution is 2.29. The molecule has 0 bridgehead atoms. The minimum atomic E-state index is -4.55. The van der Waals surface area contributed by atoms with Crippen LogP contribution >= 0.6 is 0 Å². The molecule has 2 aromatic carbocycles. The zero-order chi connectivity index (χ0) is 28.5. The quantitative estimate of drug-likeness (QED) is 0.288. The van der Waals surface area contributed by atoms with Crippen molar-refractivity contribution < 1.29 is 35.2 Å². The van der Waals surface area contributed by atoms with Crippen LogP contribution in [0.25, 0.3) is 0 Å². The fourth-order valence-corrected chi connectivity index (χ4v) is 6.76. The molecule has 0 spiro atoms. The van der Waals surface area contributed by atoms with Crippen LogP contribution in [0.15, 0.2) is 89.0 Å². The van der Waals surface area contributed by atoms with Gasteiger partial charge in [-0.1, -0.05) is 49.1 Å². The van der Waals surface area contributed by atoms with Gasteiger partial charge < -0.3 is 0 Å². The first-order chi connectivity index (χ1) is 18.4. The Hall–Kier alpha value is -4.16. The molecule has 3 aromatic rings. The lowest BCUT2D eigenvalue weighted by atomic mass is 9.89. The van der Waals surface area contributed by atoms with Crippen LogP contribution in [0.5, 0.6) is 0 Å². The number of hydrogen-bond donors (Lipinski definition) is 0. The topological polar surface area (TPSA) is 128 Å². The zero-order valence-electron chi connectivity index (χ0n) is 20.4. The second-order valence-corrected chi connectivity index (χ2v) is 12.3. The summed E-state index contributed by atoms with van der Waals surface area (Å²) in [5.41, 5.74) is -1.95. The van der Waals surface area contributed by atoms with Gasteiger partial charge in [0.25, 0.3) is 0 Å². The van der Waals surface area contributed by atoms with E-state index >= 15 is 0 Å². The lowest BCUT2D eigenvalue weighted by Crippen LogP contribution is -2.27. The van der Waals surface area contributed by atoms with Crippen LogP contribution in [0.4, 0.5) is 8.78 Å². The van der Waals surface area contributed by atoms with Gasteiger partial charge in [-0.05, 0) is 31.2 Å². The molecule has 0 amide bonds. The Balaban J connectivity index is 1.93. The average Bonchev–Trinajstić information content (AvgIpc) is 2.88. The number of benzene rings is 2. The number of rotatable bonds is 8. The fourth-order valence-electron chi connectivity index (χ4n) is 4.00. The average molecular weight is 571 g/mol. The van der Waals surface area contributed by atoms with Crippen LogP contribution < -0.4 is 0 Å². The highest BCUT2D eigenvalue weighted by molar-refractivity contribution is 7.94. The van der Waals surface area contributed by atoms with Crippen LogP contribution in [0, 0.1) is 5.82 Å². The van der Waals surface area contributed by atoms with E-state index in [9.17, 15) is 35.2 Å². The molecule has 39 heavy (non-hydrogen) atoms. The first-order valence-corrected chi connectivity index (χ1v) is 14.6. The molecule has 4 rings (SSSR count). The van der Waals surface area contributed by atoms with Gasteiger partial charge in [-0.2, -0.15) is 0 Å². The predicted molar refractivity (Wildman–Crippen MR) is 138 cm³/mol. The minimum absolute atomic E-state index is 0.00985. The molecule has 1 aliphatic carbocycles. The maximum Gasteiger partial charge on any atom is 0.214 e. The smallest absolute Gasteiger partial charge is 0.214 e. The van der Waals surface area contributed by atoms with E-state index in [4.69, 9.17) is 0 Å². The first kappa shape index (κ1) is 27.9. The van der Waals surface area contributed by atoms with Crippen molar-refractivity contribution in [3.8, 4) is 0 Å². The fraction of sp³-hybridized carbons (Fsp3) is 0.111. The summed E-state index contributed by atoms with van der Waals surface area (Å²) in [5.74, 6) is -5.76. The molecule has 200 valence electrons. The SMILES string of the molecule is C=C/C(=C(F)\C=C/C)S(=O)(=O)Cc1nc2c(nc1CS(=O)(=O)c1ccccc1F)C(=O)c1ccccc1C2=O. The van der Waals surface area contributed by atoms with Gasteiger partial charge in [0.2, 0.25) is 11.6 Å². The number of hydrogen-bond acceptors (Lipinski definition) is 8. The van der Waals surface area contributed by atoms with Crippen molar-refractivity contribution in [2.75, 3.05) is 0 Å². The first-order valence-electron chi connectivity index (χ1n) is 11.3. The number of sulfone groups is 2. The monoisotopic (exact) mass is 570 g/mol. The maximum atomic E-state index is 14.5. The summed E-state index contributed by atoms with van der Waals surface area (Å²) in [6.45, 7) is 4.80. The van der Waals surface area contributed by atoms with Gasteiger partial charge in [-0.3, -0.25) is 9.59 Å². The number of allylic oxidation sites excluding steroid dienone is 4. The van der Waals surface area contributed by atoms with Crippen molar-refractivity contribution in [1.82, 2.24) is 9.97 Å². The molecule has 0 saturated heterocycles. The van der Waals surface area contributed by atoms with Crippen molar-refractivity contribution in [2.24, 2.45) is 0 Å². The Labute approximate surface area is 223 Å².